The van der Waals surface area contributed by atoms with Crippen LogP contribution in [0.25, 0.3) is 0 Å². The fourth-order valence-electron chi connectivity index (χ4n) is 1.16. The number of hydrogen-bond acceptors (Lipinski definition) is 3. The molecule has 0 aromatic carbocycles. The summed E-state index contributed by atoms with van der Waals surface area (Å²) in [6.07, 6.45) is 5.57. The maximum atomic E-state index is 11.0. The first-order valence-corrected chi connectivity index (χ1v) is 5.50. The highest BCUT2D eigenvalue weighted by Gasteiger charge is 2.04. The summed E-state index contributed by atoms with van der Waals surface area (Å²) in [5.74, 6) is -0.192. The lowest BCUT2D eigenvalue weighted by Gasteiger charge is -2.06. The first-order chi connectivity index (χ1) is 6.66. The summed E-state index contributed by atoms with van der Waals surface area (Å²) in [4.78, 5) is 11.0. The number of esters is 1. The molecule has 84 valence electrons. The molecule has 0 aromatic rings. The third-order valence-electron chi connectivity index (χ3n) is 1.97. The molecule has 1 N–H and O–H groups in total. The molecule has 0 heterocycles. The van der Waals surface area contributed by atoms with Crippen molar-refractivity contribution in [3.8, 4) is 0 Å². The molecular formula is C11H22O3. The molecule has 0 aromatic heterocycles. The van der Waals surface area contributed by atoms with E-state index in [0.29, 0.717) is 6.42 Å². The molecule has 0 radical (unpaired) electrons. The van der Waals surface area contributed by atoms with Crippen molar-refractivity contribution in [1.29, 1.82) is 0 Å². The van der Waals surface area contributed by atoms with Crippen LogP contribution in [0.15, 0.2) is 0 Å². The first-order valence-electron chi connectivity index (χ1n) is 5.50. The highest BCUT2D eigenvalue weighted by Crippen LogP contribution is 2.05. The quantitative estimate of drug-likeness (QED) is 0.485. The van der Waals surface area contributed by atoms with E-state index in [1.165, 1.54) is 19.3 Å². The van der Waals surface area contributed by atoms with Gasteiger partial charge in [-0.2, -0.15) is 0 Å². The minimum Gasteiger partial charge on any atom is -0.463 e. The number of ether oxygens (including phenoxy) is 1. The summed E-state index contributed by atoms with van der Waals surface area (Å²) in [6, 6.07) is 0. The molecule has 0 spiro atoms. The Morgan fingerprint density at radius 1 is 1.29 bits per heavy atom. The fourth-order valence-corrected chi connectivity index (χ4v) is 1.16. The van der Waals surface area contributed by atoms with Crippen molar-refractivity contribution in [2.75, 3.05) is 6.61 Å². The van der Waals surface area contributed by atoms with Crippen LogP contribution in [0.5, 0.6) is 0 Å². The van der Waals surface area contributed by atoms with Crippen LogP contribution >= 0.6 is 0 Å². The van der Waals surface area contributed by atoms with Crippen LogP contribution in [0.3, 0.4) is 0 Å². The van der Waals surface area contributed by atoms with Gasteiger partial charge in [-0.05, 0) is 13.3 Å². The smallest absolute Gasteiger partial charge is 0.305 e. The molecule has 0 aliphatic carbocycles. The molecule has 0 aliphatic heterocycles. The van der Waals surface area contributed by atoms with Crippen molar-refractivity contribution in [3.63, 3.8) is 0 Å². The van der Waals surface area contributed by atoms with Crippen molar-refractivity contribution >= 4 is 5.97 Å². The number of unbranched alkanes of at least 4 members (excludes halogenated alkanes) is 4. The average molecular weight is 202 g/mol. The van der Waals surface area contributed by atoms with E-state index in [1.54, 1.807) is 6.92 Å². The number of carbonyl (C=O) groups is 1. The van der Waals surface area contributed by atoms with Gasteiger partial charge in [0.15, 0.2) is 0 Å². The third-order valence-corrected chi connectivity index (χ3v) is 1.97. The summed E-state index contributed by atoms with van der Waals surface area (Å²) in [5.41, 5.74) is 0. The predicted octanol–water partition coefficient (Wildman–Crippen LogP) is 2.27. The van der Waals surface area contributed by atoms with Gasteiger partial charge in [0.1, 0.15) is 6.61 Å². The second kappa shape index (κ2) is 9.00. The minimum atomic E-state index is -0.556. The summed E-state index contributed by atoms with van der Waals surface area (Å²) in [7, 11) is 0. The van der Waals surface area contributed by atoms with Crippen molar-refractivity contribution in [2.24, 2.45) is 0 Å². The Hall–Kier alpha value is -0.570. The number of aliphatic hydroxyl groups is 1. The van der Waals surface area contributed by atoms with Gasteiger partial charge in [0.25, 0.3) is 0 Å². The van der Waals surface area contributed by atoms with E-state index in [4.69, 9.17) is 9.84 Å². The molecule has 0 unspecified atom stereocenters. The lowest BCUT2D eigenvalue weighted by molar-refractivity contribution is -0.146. The van der Waals surface area contributed by atoms with Crippen molar-refractivity contribution in [1.82, 2.24) is 0 Å². The van der Waals surface area contributed by atoms with Crippen LogP contribution < -0.4 is 0 Å². The zero-order valence-corrected chi connectivity index (χ0v) is 9.29. The molecule has 14 heavy (non-hydrogen) atoms. The molecule has 0 amide bonds. The number of hydrogen-bond donors (Lipinski definition) is 1. The Balaban J connectivity index is 3.18. The number of aliphatic hydroxyl groups excluding tert-OH is 1. The van der Waals surface area contributed by atoms with E-state index >= 15 is 0 Å². The standard InChI is InChI=1S/C11H22O3/c1-3-4-5-6-7-8-11(13)14-9-10(2)12/h10,12H,3-9H2,1-2H3/t10-/m0/s1. The van der Waals surface area contributed by atoms with Crippen molar-refractivity contribution in [3.05, 3.63) is 0 Å². The zero-order valence-electron chi connectivity index (χ0n) is 9.29. The summed E-state index contributed by atoms with van der Waals surface area (Å²) in [5, 5.41) is 8.87. The molecule has 3 heteroatoms. The van der Waals surface area contributed by atoms with Gasteiger partial charge in [-0.3, -0.25) is 4.79 Å². The Morgan fingerprint density at radius 3 is 2.50 bits per heavy atom. The van der Waals surface area contributed by atoms with Crippen LogP contribution in [0.2, 0.25) is 0 Å². The Kier molecular flexibility index (Phi) is 8.64. The van der Waals surface area contributed by atoms with Crippen LogP contribution in [0, 0.1) is 0 Å². The van der Waals surface area contributed by atoms with E-state index in [9.17, 15) is 4.79 Å². The van der Waals surface area contributed by atoms with Crippen molar-refractivity contribution in [2.45, 2.75) is 58.5 Å². The molecule has 0 rings (SSSR count). The average Bonchev–Trinajstić information content (AvgIpc) is 2.14. The lowest BCUT2D eigenvalue weighted by Crippen LogP contribution is -2.14. The molecular weight excluding hydrogens is 180 g/mol. The molecule has 1 atom stereocenters. The van der Waals surface area contributed by atoms with Gasteiger partial charge in [-0.1, -0.05) is 32.6 Å². The molecule has 0 saturated heterocycles. The van der Waals surface area contributed by atoms with Crippen LogP contribution in [-0.2, 0) is 9.53 Å². The minimum absolute atomic E-state index is 0.119. The van der Waals surface area contributed by atoms with E-state index in [-0.39, 0.29) is 12.6 Å². The van der Waals surface area contributed by atoms with Gasteiger partial charge < -0.3 is 9.84 Å². The van der Waals surface area contributed by atoms with Gasteiger partial charge in [-0.25, -0.2) is 0 Å². The normalized spacial score (nSPS) is 12.5. The van der Waals surface area contributed by atoms with Gasteiger partial charge in [-0.15, -0.1) is 0 Å². The van der Waals surface area contributed by atoms with Gasteiger partial charge in [0.2, 0.25) is 0 Å². The first kappa shape index (κ1) is 13.4. The Morgan fingerprint density at radius 2 is 1.93 bits per heavy atom. The van der Waals surface area contributed by atoms with E-state index in [2.05, 4.69) is 6.92 Å². The monoisotopic (exact) mass is 202 g/mol. The molecule has 0 fully saturated rings. The maximum absolute atomic E-state index is 11.0. The van der Waals surface area contributed by atoms with Crippen LogP contribution in [0.4, 0.5) is 0 Å². The number of carbonyl (C=O) groups excluding carboxylic acids is 1. The van der Waals surface area contributed by atoms with Crippen LogP contribution in [0.1, 0.15) is 52.4 Å². The van der Waals surface area contributed by atoms with Gasteiger partial charge in [0, 0.05) is 6.42 Å². The fraction of sp³-hybridized carbons (Fsp3) is 0.909. The van der Waals surface area contributed by atoms with E-state index in [0.717, 1.165) is 12.8 Å². The molecule has 0 saturated carbocycles. The Labute approximate surface area is 86.5 Å². The predicted molar refractivity (Wildman–Crippen MR) is 56.0 cm³/mol. The van der Waals surface area contributed by atoms with Crippen LogP contribution in [-0.4, -0.2) is 23.8 Å². The van der Waals surface area contributed by atoms with Crippen molar-refractivity contribution < 1.29 is 14.6 Å². The number of rotatable bonds is 8. The highest BCUT2D eigenvalue weighted by atomic mass is 16.5. The maximum Gasteiger partial charge on any atom is 0.305 e. The second-order valence-electron chi connectivity index (χ2n) is 3.70. The molecule has 0 bridgehead atoms. The molecule has 3 nitrogen and oxygen atoms in total. The Bertz CT molecular complexity index is 143. The largest absolute Gasteiger partial charge is 0.463 e. The summed E-state index contributed by atoms with van der Waals surface area (Å²) in [6.45, 7) is 3.89. The van der Waals surface area contributed by atoms with Gasteiger partial charge >= 0.3 is 5.97 Å². The highest BCUT2D eigenvalue weighted by molar-refractivity contribution is 5.69. The summed E-state index contributed by atoms with van der Waals surface area (Å²) >= 11 is 0. The van der Waals surface area contributed by atoms with E-state index < -0.39 is 6.10 Å². The molecule has 0 aliphatic rings. The lowest BCUT2D eigenvalue weighted by atomic mass is 10.1. The van der Waals surface area contributed by atoms with E-state index in [1.807, 2.05) is 0 Å². The topological polar surface area (TPSA) is 46.5 Å². The zero-order chi connectivity index (χ0) is 10.8. The SMILES string of the molecule is CCCCCCCC(=O)OC[C@H](C)O. The summed E-state index contributed by atoms with van der Waals surface area (Å²) < 4.78 is 4.82. The third kappa shape index (κ3) is 9.52. The second-order valence-corrected chi connectivity index (χ2v) is 3.70. The van der Waals surface area contributed by atoms with Gasteiger partial charge in [0.05, 0.1) is 6.10 Å².